The Hall–Kier alpha value is -0.620. The van der Waals surface area contributed by atoms with Gasteiger partial charge in [-0.1, -0.05) is 23.2 Å². The number of nitrogens with zero attached hydrogens (tertiary/aromatic N) is 1. The molecule has 1 heterocycles. The summed E-state index contributed by atoms with van der Waals surface area (Å²) in [5.41, 5.74) is 0. The molecule has 0 bridgehead atoms. The average molecular weight is 367 g/mol. The molecule has 2 rings (SSSR count). The van der Waals surface area contributed by atoms with E-state index in [0.717, 1.165) is 0 Å². The smallest absolute Gasteiger partial charge is 0.208 e. The Bertz CT molecular complexity index is 704. The molecular formula is C11H6BrCl2NO2S. The van der Waals surface area contributed by atoms with Crippen molar-refractivity contribution >= 4 is 49.0 Å². The fourth-order valence-corrected chi connectivity index (χ4v) is 3.93. The summed E-state index contributed by atoms with van der Waals surface area (Å²) >= 11 is 14.8. The van der Waals surface area contributed by atoms with E-state index < -0.39 is 9.84 Å². The van der Waals surface area contributed by atoms with E-state index in [1.807, 2.05) is 0 Å². The summed E-state index contributed by atoms with van der Waals surface area (Å²) in [5, 5.41) is 0.477. The predicted octanol–water partition coefficient (Wildman–Crippen LogP) is 3.98. The lowest BCUT2D eigenvalue weighted by Gasteiger charge is -2.07. The van der Waals surface area contributed by atoms with Crippen LogP contribution in [-0.2, 0) is 9.84 Å². The fraction of sp³-hybridized carbons (Fsp3) is 0. The molecule has 7 heteroatoms. The number of sulfone groups is 1. The lowest BCUT2D eigenvalue weighted by atomic mass is 10.4. The normalized spacial score (nSPS) is 11.5. The molecule has 0 amide bonds. The predicted molar refractivity (Wildman–Crippen MR) is 73.9 cm³/mol. The van der Waals surface area contributed by atoms with Crippen molar-refractivity contribution in [1.29, 1.82) is 0 Å². The minimum absolute atomic E-state index is 0.0201. The Labute approximate surface area is 123 Å². The molecule has 0 spiro atoms. The molecule has 0 saturated heterocycles. The van der Waals surface area contributed by atoms with Crippen LogP contribution in [0.2, 0.25) is 10.0 Å². The van der Waals surface area contributed by atoms with E-state index >= 15 is 0 Å². The maximum Gasteiger partial charge on any atom is 0.208 e. The minimum atomic E-state index is -3.67. The number of hydrogen-bond acceptors (Lipinski definition) is 3. The lowest BCUT2D eigenvalue weighted by Crippen LogP contribution is -2.03. The number of pyridine rings is 1. The van der Waals surface area contributed by atoms with Gasteiger partial charge >= 0.3 is 0 Å². The first-order chi connectivity index (χ1) is 8.41. The van der Waals surface area contributed by atoms with Gasteiger partial charge in [0.2, 0.25) is 9.84 Å². The molecule has 0 saturated carbocycles. The summed E-state index contributed by atoms with van der Waals surface area (Å²) in [7, 11) is -3.67. The van der Waals surface area contributed by atoms with Crippen molar-refractivity contribution in [1.82, 2.24) is 4.98 Å². The molecule has 18 heavy (non-hydrogen) atoms. The maximum atomic E-state index is 12.3. The van der Waals surface area contributed by atoms with Crippen LogP contribution in [0.1, 0.15) is 0 Å². The van der Waals surface area contributed by atoms with Crippen molar-refractivity contribution in [2.24, 2.45) is 0 Å². The van der Waals surface area contributed by atoms with Crippen LogP contribution in [0.15, 0.2) is 50.9 Å². The zero-order chi connectivity index (χ0) is 13.3. The molecule has 0 aliphatic heterocycles. The zero-order valence-corrected chi connectivity index (χ0v) is 12.7. The SMILES string of the molecule is O=S(=O)(c1ccnc(Br)c1)c1ccc(Cl)cc1Cl. The Kier molecular flexibility index (Phi) is 3.96. The van der Waals surface area contributed by atoms with E-state index in [2.05, 4.69) is 20.9 Å². The van der Waals surface area contributed by atoms with E-state index in [-0.39, 0.29) is 14.8 Å². The highest BCUT2D eigenvalue weighted by molar-refractivity contribution is 9.10. The quantitative estimate of drug-likeness (QED) is 0.755. The van der Waals surface area contributed by atoms with Crippen molar-refractivity contribution in [2.45, 2.75) is 9.79 Å². The first kappa shape index (κ1) is 13.8. The van der Waals surface area contributed by atoms with Crippen LogP contribution in [-0.4, -0.2) is 13.4 Å². The van der Waals surface area contributed by atoms with E-state index in [4.69, 9.17) is 23.2 Å². The highest BCUT2D eigenvalue weighted by atomic mass is 79.9. The fourth-order valence-electron chi connectivity index (χ4n) is 1.37. The van der Waals surface area contributed by atoms with Gasteiger partial charge in [0.15, 0.2) is 0 Å². The van der Waals surface area contributed by atoms with Gasteiger partial charge in [0.05, 0.1) is 14.8 Å². The molecule has 0 aliphatic carbocycles. The monoisotopic (exact) mass is 365 g/mol. The summed E-state index contributed by atoms with van der Waals surface area (Å²) in [5.74, 6) is 0. The Morgan fingerprint density at radius 1 is 1.11 bits per heavy atom. The summed E-state index contributed by atoms with van der Waals surface area (Å²) < 4.78 is 25.1. The molecule has 94 valence electrons. The van der Waals surface area contributed by atoms with Gasteiger partial charge in [-0.2, -0.15) is 0 Å². The van der Waals surface area contributed by atoms with Gasteiger partial charge in [0.1, 0.15) is 4.60 Å². The topological polar surface area (TPSA) is 47.0 Å². The Morgan fingerprint density at radius 2 is 1.83 bits per heavy atom. The molecule has 0 aliphatic rings. The van der Waals surface area contributed by atoms with E-state index in [1.165, 1.54) is 36.5 Å². The first-order valence-electron chi connectivity index (χ1n) is 4.73. The summed E-state index contributed by atoms with van der Waals surface area (Å²) in [6, 6.07) is 7.09. The number of benzene rings is 1. The van der Waals surface area contributed by atoms with Crippen molar-refractivity contribution in [3.8, 4) is 0 Å². The summed E-state index contributed by atoms with van der Waals surface area (Å²) in [6.45, 7) is 0. The van der Waals surface area contributed by atoms with Crippen molar-refractivity contribution < 1.29 is 8.42 Å². The Morgan fingerprint density at radius 3 is 2.44 bits per heavy atom. The van der Waals surface area contributed by atoms with Crippen molar-refractivity contribution in [3.63, 3.8) is 0 Å². The second kappa shape index (κ2) is 5.17. The van der Waals surface area contributed by atoms with E-state index in [0.29, 0.717) is 9.63 Å². The first-order valence-corrected chi connectivity index (χ1v) is 7.76. The average Bonchev–Trinajstić information content (AvgIpc) is 2.28. The van der Waals surface area contributed by atoms with Gasteiger partial charge in [0.25, 0.3) is 0 Å². The van der Waals surface area contributed by atoms with Crippen LogP contribution < -0.4 is 0 Å². The number of hydrogen-bond donors (Lipinski definition) is 0. The molecule has 1 aromatic heterocycles. The number of rotatable bonds is 2. The van der Waals surface area contributed by atoms with Crippen LogP contribution in [0.5, 0.6) is 0 Å². The van der Waals surface area contributed by atoms with E-state index in [1.54, 1.807) is 0 Å². The van der Waals surface area contributed by atoms with Crippen LogP contribution >= 0.6 is 39.1 Å². The van der Waals surface area contributed by atoms with Crippen molar-refractivity contribution in [3.05, 3.63) is 51.2 Å². The largest absolute Gasteiger partial charge is 0.249 e. The molecule has 0 fully saturated rings. The molecule has 0 unspecified atom stereocenters. The lowest BCUT2D eigenvalue weighted by molar-refractivity contribution is 0.596. The molecule has 0 radical (unpaired) electrons. The van der Waals surface area contributed by atoms with Crippen LogP contribution in [0.3, 0.4) is 0 Å². The Balaban J connectivity index is 2.62. The minimum Gasteiger partial charge on any atom is -0.249 e. The van der Waals surface area contributed by atoms with Crippen LogP contribution in [0.25, 0.3) is 0 Å². The highest BCUT2D eigenvalue weighted by Crippen LogP contribution is 2.30. The molecule has 2 aromatic rings. The molecule has 0 N–H and O–H groups in total. The standard InChI is InChI=1S/C11H6BrCl2NO2S/c12-11-6-8(3-4-15-11)18(16,17)10-2-1-7(13)5-9(10)14/h1-6H. The molecule has 0 atom stereocenters. The van der Waals surface area contributed by atoms with Gasteiger partial charge in [-0.05, 0) is 46.3 Å². The third-order valence-electron chi connectivity index (χ3n) is 2.19. The zero-order valence-electron chi connectivity index (χ0n) is 8.77. The number of aromatic nitrogens is 1. The third-order valence-corrected chi connectivity index (χ3v) is 5.09. The van der Waals surface area contributed by atoms with Crippen LogP contribution in [0.4, 0.5) is 0 Å². The van der Waals surface area contributed by atoms with E-state index in [9.17, 15) is 8.42 Å². The second-order valence-corrected chi connectivity index (χ2v) is 6.97. The third kappa shape index (κ3) is 2.69. The van der Waals surface area contributed by atoms with Gasteiger partial charge in [-0.15, -0.1) is 0 Å². The molecule has 1 aromatic carbocycles. The maximum absolute atomic E-state index is 12.3. The van der Waals surface area contributed by atoms with Crippen LogP contribution in [0, 0.1) is 0 Å². The van der Waals surface area contributed by atoms with Gasteiger partial charge in [-0.25, -0.2) is 13.4 Å². The van der Waals surface area contributed by atoms with Gasteiger partial charge in [-0.3, -0.25) is 0 Å². The summed E-state index contributed by atoms with van der Waals surface area (Å²) in [6.07, 6.45) is 1.40. The van der Waals surface area contributed by atoms with Gasteiger partial charge in [0, 0.05) is 11.2 Å². The van der Waals surface area contributed by atoms with Gasteiger partial charge < -0.3 is 0 Å². The second-order valence-electron chi connectivity index (χ2n) is 3.39. The summed E-state index contributed by atoms with van der Waals surface area (Å²) in [4.78, 5) is 4.02. The number of halogens is 3. The molecule has 3 nitrogen and oxygen atoms in total. The molecular weight excluding hydrogens is 361 g/mol. The highest BCUT2D eigenvalue weighted by Gasteiger charge is 2.21. The van der Waals surface area contributed by atoms with Crippen molar-refractivity contribution in [2.75, 3.05) is 0 Å².